The Labute approximate surface area is 241 Å². The van der Waals surface area contributed by atoms with Crippen LogP contribution in [0.1, 0.15) is 33.3 Å². The Morgan fingerprint density at radius 1 is 0.738 bits per heavy atom. The molecular formula is C33H27NO8. The van der Waals surface area contributed by atoms with Gasteiger partial charge in [-0.3, -0.25) is 0 Å². The summed E-state index contributed by atoms with van der Waals surface area (Å²) in [4.78, 5) is 29.5. The number of aromatic nitrogens is 1. The molecule has 0 atom stereocenters. The zero-order valence-corrected chi connectivity index (χ0v) is 22.9. The molecule has 0 saturated carbocycles. The summed E-state index contributed by atoms with van der Waals surface area (Å²) in [6, 6.07) is 28.2. The van der Waals surface area contributed by atoms with Crippen LogP contribution in [0.3, 0.4) is 0 Å². The molecule has 212 valence electrons. The maximum Gasteiger partial charge on any atom is 0.360 e. The highest BCUT2D eigenvalue weighted by atomic mass is 16.5. The molecule has 1 heterocycles. The number of ether oxygens (including phenoxy) is 5. The first kappa shape index (κ1) is 28.0. The summed E-state index contributed by atoms with van der Waals surface area (Å²) in [5, 5.41) is 11.5. The Morgan fingerprint density at radius 3 is 1.98 bits per heavy atom. The van der Waals surface area contributed by atoms with Gasteiger partial charge in [-0.2, -0.15) is 0 Å². The highest BCUT2D eigenvalue weighted by Crippen LogP contribution is 2.37. The van der Waals surface area contributed by atoms with Crippen molar-refractivity contribution < 1.29 is 38.4 Å². The molecule has 0 saturated heterocycles. The molecule has 9 nitrogen and oxygen atoms in total. The number of hydrogen-bond acceptors (Lipinski definition) is 9. The molecular weight excluding hydrogens is 538 g/mol. The first-order valence-electron chi connectivity index (χ1n) is 13.1. The lowest BCUT2D eigenvalue weighted by atomic mass is 10.1. The molecule has 5 rings (SSSR count). The van der Waals surface area contributed by atoms with E-state index in [0.29, 0.717) is 39.3 Å². The highest BCUT2D eigenvalue weighted by Gasteiger charge is 2.22. The minimum atomic E-state index is -0.839. The molecule has 0 unspecified atom stereocenters. The Bertz CT molecular complexity index is 1720. The van der Waals surface area contributed by atoms with Crippen molar-refractivity contribution >= 4 is 22.7 Å². The van der Waals surface area contributed by atoms with E-state index in [2.05, 4.69) is 4.98 Å². The molecule has 5 aromatic rings. The van der Waals surface area contributed by atoms with Gasteiger partial charge in [0, 0.05) is 10.9 Å². The molecule has 1 aromatic heterocycles. The Kier molecular flexibility index (Phi) is 8.48. The van der Waals surface area contributed by atoms with Gasteiger partial charge in [0.25, 0.3) is 0 Å². The fraction of sp³-hybridized carbons (Fsp3) is 0.121. The number of para-hydroxylation sites is 2. The third kappa shape index (κ3) is 6.26. The predicted molar refractivity (Wildman–Crippen MR) is 155 cm³/mol. The number of pyridine rings is 1. The number of aromatic hydroxyl groups is 1. The number of esters is 2. The van der Waals surface area contributed by atoms with Crippen LogP contribution in [-0.2, 0) is 16.1 Å². The van der Waals surface area contributed by atoms with Crippen LogP contribution < -0.4 is 14.2 Å². The summed E-state index contributed by atoms with van der Waals surface area (Å²) in [6.07, 6.45) is 0. The van der Waals surface area contributed by atoms with Gasteiger partial charge in [-0.15, -0.1) is 0 Å². The zero-order chi connectivity index (χ0) is 29.5. The summed E-state index contributed by atoms with van der Waals surface area (Å²) in [5.74, 6) is 0.451. The van der Waals surface area contributed by atoms with Gasteiger partial charge in [-0.05, 0) is 67.6 Å². The van der Waals surface area contributed by atoms with E-state index in [0.717, 1.165) is 0 Å². The molecule has 1 N–H and O–H groups in total. The summed E-state index contributed by atoms with van der Waals surface area (Å²) in [6.45, 7) is 1.77. The van der Waals surface area contributed by atoms with E-state index in [1.165, 1.54) is 7.11 Å². The summed E-state index contributed by atoms with van der Waals surface area (Å²) in [7, 11) is 1.19. The van der Waals surface area contributed by atoms with Crippen molar-refractivity contribution in [1.82, 2.24) is 4.98 Å². The third-order valence-electron chi connectivity index (χ3n) is 6.19. The molecule has 9 heteroatoms. The Morgan fingerprint density at radius 2 is 1.36 bits per heavy atom. The molecule has 0 amide bonds. The van der Waals surface area contributed by atoms with Gasteiger partial charge < -0.3 is 28.8 Å². The number of carbonyl (C=O) groups is 2. The quantitative estimate of drug-likeness (QED) is 0.178. The average Bonchev–Trinajstić information content (AvgIpc) is 3.01. The Balaban J connectivity index is 1.54. The van der Waals surface area contributed by atoms with Crippen molar-refractivity contribution in [2.24, 2.45) is 0 Å². The predicted octanol–water partition coefficient (Wildman–Crippen LogP) is 7.07. The first-order chi connectivity index (χ1) is 20.5. The van der Waals surface area contributed by atoms with Crippen molar-refractivity contribution in [3.05, 3.63) is 114 Å². The third-order valence-corrected chi connectivity index (χ3v) is 6.19. The van der Waals surface area contributed by atoms with E-state index in [1.807, 2.05) is 48.5 Å². The normalized spacial score (nSPS) is 10.6. The molecule has 0 aliphatic carbocycles. The summed E-state index contributed by atoms with van der Waals surface area (Å²) < 4.78 is 28.1. The maximum absolute atomic E-state index is 12.8. The van der Waals surface area contributed by atoms with Crippen molar-refractivity contribution in [2.75, 3.05) is 13.7 Å². The van der Waals surface area contributed by atoms with E-state index in [4.69, 9.17) is 23.7 Å². The second-order valence-corrected chi connectivity index (χ2v) is 8.97. The number of nitrogens with zero attached hydrogens (tertiary/aromatic N) is 1. The van der Waals surface area contributed by atoms with Crippen LogP contribution in [0.25, 0.3) is 10.8 Å². The van der Waals surface area contributed by atoms with Crippen LogP contribution in [0.5, 0.6) is 34.6 Å². The lowest BCUT2D eigenvalue weighted by molar-refractivity contribution is 0.0522. The number of benzene rings is 4. The highest BCUT2D eigenvalue weighted by molar-refractivity contribution is 6.01. The van der Waals surface area contributed by atoms with Gasteiger partial charge in [-0.25, -0.2) is 14.6 Å². The molecule has 0 aliphatic rings. The van der Waals surface area contributed by atoms with Gasteiger partial charge in [0.05, 0.1) is 24.7 Å². The molecule has 0 fully saturated rings. The van der Waals surface area contributed by atoms with E-state index < -0.39 is 11.9 Å². The minimum Gasteiger partial charge on any atom is -0.505 e. The SMILES string of the molecule is CCOC(=O)c1ccc(Oc2ccccc2)cc1COc1nc(C(=O)OC)c(O)c2ccc(Oc3ccccc3)cc12. The van der Waals surface area contributed by atoms with Gasteiger partial charge >= 0.3 is 11.9 Å². The lowest BCUT2D eigenvalue weighted by Gasteiger charge is -2.16. The van der Waals surface area contributed by atoms with E-state index in [-0.39, 0.29) is 36.1 Å². The van der Waals surface area contributed by atoms with Crippen LogP contribution >= 0.6 is 0 Å². The summed E-state index contributed by atoms with van der Waals surface area (Å²) >= 11 is 0. The largest absolute Gasteiger partial charge is 0.505 e. The van der Waals surface area contributed by atoms with Gasteiger partial charge in [-0.1, -0.05) is 36.4 Å². The number of fused-ring (bicyclic) bond motifs is 1. The van der Waals surface area contributed by atoms with Crippen molar-refractivity contribution in [3.63, 3.8) is 0 Å². The molecule has 0 radical (unpaired) electrons. The second kappa shape index (κ2) is 12.7. The van der Waals surface area contributed by atoms with E-state index in [9.17, 15) is 14.7 Å². The van der Waals surface area contributed by atoms with Crippen molar-refractivity contribution in [3.8, 4) is 34.6 Å². The monoisotopic (exact) mass is 565 g/mol. The zero-order valence-electron chi connectivity index (χ0n) is 22.9. The number of carbonyl (C=O) groups excluding carboxylic acids is 2. The summed E-state index contributed by atoms with van der Waals surface area (Å²) in [5.41, 5.74) is 0.423. The fourth-order valence-electron chi connectivity index (χ4n) is 4.22. The van der Waals surface area contributed by atoms with Crippen LogP contribution in [-0.4, -0.2) is 35.7 Å². The van der Waals surface area contributed by atoms with Crippen LogP contribution in [0, 0.1) is 0 Å². The molecule has 42 heavy (non-hydrogen) atoms. The van der Waals surface area contributed by atoms with Crippen LogP contribution in [0.4, 0.5) is 0 Å². The number of rotatable bonds is 10. The fourth-order valence-corrected chi connectivity index (χ4v) is 4.22. The maximum atomic E-state index is 12.8. The average molecular weight is 566 g/mol. The number of hydrogen-bond donors (Lipinski definition) is 1. The number of methoxy groups -OCH3 is 1. The van der Waals surface area contributed by atoms with Crippen LogP contribution in [0.2, 0.25) is 0 Å². The van der Waals surface area contributed by atoms with Gasteiger partial charge in [0.2, 0.25) is 5.88 Å². The lowest BCUT2D eigenvalue weighted by Crippen LogP contribution is -2.11. The van der Waals surface area contributed by atoms with E-state index >= 15 is 0 Å². The van der Waals surface area contributed by atoms with E-state index in [1.54, 1.807) is 55.5 Å². The Hall–Kier alpha value is -5.57. The minimum absolute atomic E-state index is 0.0194. The topological polar surface area (TPSA) is 113 Å². The first-order valence-corrected chi connectivity index (χ1v) is 13.1. The van der Waals surface area contributed by atoms with Gasteiger partial charge in [0.1, 0.15) is 29.6 Å². The van der Waals surface area contributed by atoms with Crippen LogP contribution in [0.15, 0.2) is 97.1 Å². The standard InChI is InChI=1S/C33H27NO8/c1-3-39-32(36)26-16-14-24(41-22-10-6-4-7-11-22)18-21(26)20-40-31-28-19-25(42-23-12-8-5-9-13-23)15-17-27(28)30(35)29(34-31)33(37)38-2/h4-19,35H,3,20H2,1-2H3. The molecule has 4 aromatic carbocycles. The molecule has 0 spiro atoms. The molecule has 0 aliphatic heterocycles. The second-order valence-electron chi connectivity index (χ2n) is 8.97. The smallest absolute Gasteiger partial charge is 0.360 e. The van der Waals surface area contributed by atoms with Crippen molar-refractivity contribution in [2.45, 2.75) is 13.5 Å². The van der Waals surface area contributed by atoms with Gasteiger partial charge in [0.15, 0.2) is 11.4 Å². The van der Waals surface area contributed by atoms with Crippen molar-refractivity contribution in [1.29, 1.82) is 0 Å². The molecule has 0 bridgehead atoms.